The van der Waals surface area contributed by atoms with E-state index in [0.717, 1.165) is 37.2 Å². The highest BCUT2D eigenvalue weighted by Crippen LogP contribution is 2.26. The van der Waals surface area contributed by atoms with E-state index in [-0.39, 0.29) is 5.91 Å². The highest BCUT2D eigenvalue weighted by atomic mass is 16.2. The number of hydrogen-bond acceptors (Lipinski definition) is 3. The molecule has 0 atom stereocenters. The van der Waals surface area contributed by atoms with Gasteiger partial charge in [0.15, 0.2) is 5.96 Å². The lowest BCUT2D eigenvalue weighted by Crippen LogP contribution is -2.55. The van der Waals surface area contributed by atoms with Gasteiger partial charge in [-0.3, -0.25) is 14.5 Å². The van der Waals surface area contributed by atoms with Crippen molar-refractivity contribution in [2.45, 2.75) is 26.2 Å². The van der Waals surface area contributed by atoms with E-state index >= 15 is 0 Å². The molecule has 2 fully saturated rings. The number of guanidine groups is 1. The molecule has 1 aromatic rings. The van der Waals surface area contributed by atoms with Crippen molar-refractivity contribution in [1.82, 2.24) is 20.0 Å². The largest absolute Gasteiger partial charge is 0.357 e. The van der Waals surface area contributed by atoms with Crippen molar-refractivity contribution in [3.8, 4) is 0 Å². The summed E-state index contributed by atoms with van der Waals surface area (Å²) in [5, 5.41) is 7.47. The summed E-state index contributed by atoms with van der Waals surface area (Å²) in [5.74, 6) is 1.70. The van der Waals surface area contributed by atoms with Crippen LogP contribution in [0.5, 0.6) is 0 Å². The van der Waals surface area contributed by atoms with Gasteiger partial charge in [0.25, 0.3) is 0 Å². The Labute approximate surface area is 137 Å². The quantitative estimate of drug-likeness (QED) is 0.660. The normalized spacial score (nSPS) is 19.9. The average Bonchev–Trinajstić information content (AvgIpc) is 2.91. The van der Waals surface area contributed by atoms with E-state index in [1.54, 1.807) is 15.8 Å². The maximum absolute atomic E-state index is 12.5. The zero-order valence-electron chi connectivity index (χ0n) is 14.0. The molecular weight excluding hydrogens is 292 g/mol. The zero-order valence-corrected chi connectivity index (χ0v) is 14.0. The Bertz CT molecular complexity index is 577. The molecule has 0 unspecified atom stereocenters. The molecule has 2 aliphatic rings. The molecule has 0 aromatic carbocycles. The number of hydrogen-bond donors (Lipinski definition) is 1. The van der Waals surface area contributed by atoms with Crippen molar-refractivity contribution in [2.75, 3.05) is 37.6 Å². The van der Waals surface area contributed by atoms with E-state index in [2.05, 4.69) is 22.2 Å². The van der Waals surface area contributed by atoms with Crippen molar-refractivity contribution in [3.05, 3.63) is 12.4 Å². The Kier molecular flexibility index (Phi) is 4.83. The fourth-order valence-corrected chi connectivity index (χ4v) is 2.99. The molecule has 0 spiro atoms. The lowest BCUT2D eigenvalue weighted by Gasteiger charge is -2.35. The van der Waals surface area contributed by atoms with Crippen molar-refractivity contribution < 1.29 is 4.79 Å². The van der Waals surface area contributed by atoms with Crippen molar-refractivity contribution in [1.29, 1.82) is 0 Å². The second-order valence-electron chi connectivity index (χ2n) is 6.33. The Morgan fingerprint density at radius 2 is 2.26 bits per heavy atom. The molecule has 1 aliphatic heterocycles. The van der Waals surface area contributed by atoms with Gasteiger partial charge in [-0.05, 0) is 25.7 Å². The van der Waals surface area contributed by atoms with Gasteiger partial charge >= 0.3 is 0 Å². The van der Waals surface area contributed by atoms with Gasteiger partial charge in [0.2, 0.25) is 5.91 Å². The molecular formula is C16H26N6O. The molecule has 7 heteroatoms. The van der Waals surface area contributed by atoms with Gasteiger partial charge in [-0.15, -0.1) is 0 Å². The van der Waals surface area contributed by atoms with Crippen LogP contribution in [0.2, 0.25) is 0 Å². The van der Waals surface area contributed by atoms with E-state index in [9.17, 15) is 4.79 Å². The fraction of sp³-hybridized carbons (Fsp3) is 0.688. The van der Waals surface area contributed by atoms with Gasteiger partial charge in [0, 0.05) is 39.4 Å². The predicted molar refractivity (Wildman–Crippen MR) is 90.5 cm³/mol. The highest BCUT2D eigenvalue weighted by molar-refractivity contribution is 5.98. The second-order valence-corrected chi connectivity index (χ2v) is 6.33. The van der Waals surface area contributed by atoms with Gasteiger partial charge in [-0.25, -0.2) is 0 Å². The summed E-state index contributed by atoms with van der Waals surface area (Å²) in [6.07, 6.45) is 7.53. The number of aliphatic imine (C=N–C) groups is 1. The van der Waals surface area contributed by atoms with E-state index in [0.29, 0.717) is 13.1 Å². The molecule has 0 radical (unpaired) electrons. The van der Waals surface area contributed by atoms with E-state index in [4.69, 9.17) is 4.99 Å². The maximum Gasteiger partial charge on any atom is 0.246 e. The number of piperazine rings is 1. The third-order valence-electron chi connectivity index (χ3n) is 4.58. The van der Waals surface area contributed by atoms with Gasteiger partial charge in [-0.2, -0.15) is 5.10 Å². The number of nitrogens with one attached hydrogen (secondary N) is 1. The number of aromatic nitrogens is 2. The summed E-state index contributed by atoms with van der Waals surface area (Å²) in [6.45, 7) is 5.58. The second kappa shape index (κ2) is 7.02. The van der Waals surface area contributed by atoms with Gasteiger partial charge in [-0.1, -0.05) is 6.42 Å². The predicted octanol–water partition coefficient (Wildman–Crippen LogP) is 0.834. The SMILES string of the molecule is CCNC(=NCC1CCC1)N1CCN(c2cnn(C)c2)C(=O)C1. The molecule has 1 aromatic heterocycles. The van der Waals surface area contributed by atoms with Crippen molar-refractivity contribution in [3.63, 3.8) is 0 Å². The standard InChI is InChI=1S/C16H26N6O/c1-3-17-16(18-9-13-5-4-6-13)21-7-8-22(15(23)12-21)14-10-19-20(2)11-14/h10-11,13H,3-9,12H2,1-2H3,(H,17,18). The van der Waals surface area contributed by atoms with Crippen LogP contribution in [0, 0.1) is 5.92 Å². The Hall–Kier alpha value is -2.05. The summed E-state index contributed by atoms with van der Waals surface area (Å²) in [6, 6.07) is 0. The Morgan fingerprint density at radius 1 is 1.43 bits per heavy atom. The number of rotatable bonds is 4. The summed E-state index contributed by atoms with van der Waals surface area (Å²) < 4.78 is 1.72. The molecule has 1 N–H and O–H groups in total. The Balaban J connectivity index is 1.63. The van der Waals surface area contributed by atoms with Gasteiger partial charge in [0.1, 0.15) is 6.54 Å². The molecule has 1 amide bonds. The monoisotopic (exact) mass is 318 g/mol. The topological polar surface area (TPSA) is 65.8 Å². The molecule has 1 aliphatic carbocycles. The minimum Gasteiger partial charge on any atom is -0.357 e. The van der Waals surface area contributed by atoms with Gasteiger partial charge < -0.3 is 15.1 Å². The number of carbonyl (C=O) groups excluding carboxylic acids is 1. The van der Waals surface area contributed by atoms with Crippen LogP contribution >= 0.6 is 0 Å². The van der Waals surface area contributed by atoms with E-state index in [1.165, 1.54) is 19.3 Å². The molecule has 2 heterocycles. The van der Waals surface area contributed by atoms with E-state index in [1.807, 2.05) is 13.2 Å². The third kappa shape index (κ3) is 3.65. The first-order valence-corrected chi connectivity index (χ1v) is 8.49. The smallest absolute Gasteiger partial charge is 0.246 e. The van der Waals surface area contributed by atoms with Crippen LogP contribution in [0.15, 0.2) is 17.4 Å². The first-order chi connectivity index (χ1) is 11.2. The average molecular weight is 318 g/mol. The molecule has 3 rings (SSSR count). The Morgan fingerprint density at radius 3 is 2.83 bits per heavy atom. The van der Waals surface area contributed by atoms with Crippen molar-refractivity contribution >= 4 is 17.6 Å². The lowest BCUT2D eigenvalue weighted by atomic mass is 9.86. The first-order valence-electron chi connectivity index (χ1n) is 8.49. The third-order valence-corrected chi connectivity index (χ3v) is 4.58. The summed E-state index contributed by atoms with van der Waals surface area (Å²) in [5.41, 5.74) is 0.869. The van der Waals surface area contributed by atoms with Crippen molar-refractivity contribution in [2.24, 2.45) is 18.0 Å². The van der Waals surface area contributed by atoms with Crippen LogP contribution in [0.25, 0.3) is 0 Å². The van der Waals surface area contributed by atoms with Crippen LogP contribution in [0.3, 0.4) is 0 Å². The minimum atomic E-state index is 0.0958. The molecule has 1 saturated heterocycles. The maximum atomic E-state index is 12.5. The fourth-order valence-electron chi connectivity index (χ4n) is 2.99. The van der Waals surface area contributed by atoms with Crippen LogP contribution in [-0.2, 0) is 11.8 Å². The molecule has 126 valence electrons. The summed E-state index contributed by atoms with van der Waals surface area (Å²) in [7, 11) is 1.86. The van der Waals surface area contributed by atoms with E-state index < -0.39 is 0 Å². The number of anilines is 1. The van der Waals surface area contributed by atoms with Crippen LogP contribution in [0.1, 0.15) is 26.2 Å². The van der Waals surface area contributed by atoms with Crippen LogP contribution in [-0.4, -0.2) is 59.3 Å². The summed E-state index contributed by atoms with van der Waals surface area (Å²) >= 11 is 0. The number of nitrogens with zero attached hydrogens (tertiary/aromatic N) is 5. The summed E-state index contributed by atoms with van der Waals surface area (Å²) in [4.78, 5) is 21.1. The number of carbonyl (C=O) groups is 1. The van der Waals surface area contributed by atoms with Crippen LogP contribution in [0.4, 0.5) is 5.69 Å². The first kappa shape index (κ1) is 15.8. The van der Waals surface area contributed by atoms with Gasteiger partial charge in [0.05, 0.1) is 11.9 Å². The molecule has 1 saturated carbocycles. The minimum absolute atomic E-state index is 0.0958. The molecule has 23 heavy (non-hydrogen) atoms. The molecule has 7 nitrogen and oxygen atoms in total. The highest BCUT2D eigenvalue weighted by Gasteiger charge is 2.28. The number of amides is 1. The lowest BCUT2D eigenvalue weighted by molar-refractivity contribution is -0.120. The molecule has 0 bridgehead atoms. The van der Waals surface area contributed by atoms with Crippen LogP contribution < -0.4 is 10.2 Å². The number of aryl methyl sites for hydroxylation is 1. The zero-order chi connectivity index (χ0) is 16.2.